The van der Waals surface area contributed by atoms with Gasteiger partial charge in [-0.15, -0.1) is 0 Å². The molecule has 0 radical (unpaired) electrons. The third-order valence-electron chi connectivity index (χ3n) is 3.69. The van der Waals surface area contributed by atoms with Crippen LogP contribution in [0.4, 0.5) is 5.69 Å². The molecule has 122 valence electrons. The van der Waals surface area contributed by atoms with Gasteiger partial charge in [0.15, 0.2) is 0 Å². The Morgan fingerprint density at radius 3 is 2.30 bits per heavy atom. The number of hydrogen-bond acceptors (Lipinski definition) is 3. The first-order chi connectivity index (χ1) is 11.2. The summed E-state index contributed by atoms with van der Waals surface area (Å²) >= 11 is 0. The molecule has 0 fully saturated rings. The van der Waals surface area contributed by atoms with Gasteiger partial charge in [0.05, 0.1) is 12.6 Å². The van der Waals surface area contributed by atoms with Crippen LogP contribution in [-0.2, 0) is 11.3 Å². The van der Waals surface area contributed by atoms with Crippen molar-refractivity contribution in [3.8, 4) is 0 Å². The Labute approximate surface area is 137 Å². The van der Waals surface area contributed by atoms with Crippen molar-refractivity contribution >= 4 is 11.6 Å². The lowest BCUT2D eigenvalue weighted by molar-refractivity contribution is -0.120. The van der Waals surface area contributed by atoms with Crippen molar-refractivity contribution in [3.05, 3.63) is 66.2 Å². The summed E-state index contributed by atoms with van der Waals surface area (Å²) in [5.41, 5.74) is 2.01. The average Bonchev–Trinajstić information content (AvgIpc) is 2.61. The van der Waals surface area contributed by atoms with Gasteiger partial charge in [-0.25, -0.2) is 0 Å². The fourth-order valence-electron chi connectivity index (χ4n) is 2.31. The molecule has 0 bridgehead atoms. The van der Waals surface area contributed by atoms with Crippen LogP contribution >= 0.6 is 0 Å². The highest BCUT2D eigenvalue weighted by atomic mass is 16.3. The highest BCUT2D eigenvalue weighted by Crippen LogP contribution is 2.14. The molecular formula is C19H24N2O2. The smallest absolute Gasteiger partial charge is 0.239 e. The molecule has 0 heterocycles. The molecule has 1 atom stereocenters. The van der Waals surface area contributed by atoms with Crippen LogP contribution in [0.5, 0.6) is 0 Å². The van der Waals surface area contributed by atoms with Crippen LogP contribution in [0.1, 0.15) is 18.9 Å². The zero-order valence-corrected chi connectivity index (χ0v) is 13.5. The van der Waals surface area contributed by atoms with E-state index in [2.05, 4.69) is 5.32 Å². The number of aliphatic hydroxyl groups excluding tert-OH is 1. The number of nitrogens with zero attached hydrogens (tertiary/aromatic N) is 1. The normalized spacial score (nSPS) is 11.7. The van der Waals surface area contributed by atoms with E-state index in [1.54, 1.807) is 0 Å². The van der Waals surface area contributed by atoms with E-state index in [1.165, 1.54) is 0 Å². The minimum atomic E-state index is -0.447. The van der Waals surface area contributed by atoms with E-state index in [9.17, 15) is 9.90 Å². The molecule has 4 heteroatoms. The molecular weight excluding hydrogens is 288 g/mol. The van der Waals surface area contributed by atoms with Gasteiger partial charge in [0, 0.05) is 18.8 Å². The molecule has 0 aliphatic rings. The van der Waals surface area contributed by atoms with Gasteiger partial charge in [-0.3, -0.25) is 4.79 Å². The summed E-state index contributed by atoms with van der Waals surface area (Å²) in [6, 6.07) is 19.5. The predicted octanol–water partition coefficient (Wildman–Crippen LogP) is 2.58. The molecule has 1 unspecified atom stereocenters. The van der Waals surface area contributed by atoms with Gasteiger partial charge >= 0.3 is 0 Å². The summed E-state index contributed by atoms with van der Waals surface area (Å²) in [6.07, 6.45) is 0.215. The topological polar surface area (TPSA) is 52.6 Å². The molecule has 2 aromatic rings. The van der Waals surface area contributed by atoms with Crippen molar-refractivity contribution in [1.82, 2.24) is 5.32 Å². The summed E-state index contributed by atoms with van der Waals surface area (Å²) in [6.45, 7) is 3.12. The molecule has 23 heavy (non-hydrogen) atoms. The van der Waals surface area contributed by atoms with Crippen LogP contribution in [0.15, 0.2) is 60.7 Å². The van der Waals surface area contributed by atoms with Crippen LogP contribution in [-0.4, -0.2) is 30.2 Å². The van der Waals surface area contributed by atoms with Gasteiger partial charge in [-0.05, 0) is 24.1 Å². The fraction of sp³-hybridized carbons (Fsp3) is 0.316. The lowest BCUT2D eigenvalue weighted by atomic mass is 10.2. The Hall–Kier alpha value is -2.33. The maximum Gasteiger partial charge on any atom is 0.239 e. The first-order valence-corrected chi connectivity index (χ1v) is 7.97. The minimum absolute atomic E-state index is 0.0546. The Morgan fingerprint density at radius 2 is 1.70 bits per heavy atom. The largest absolute Gasteiger partial charge is 0.391 e. The summed E-state index contributed by atoms with van der Waals surface area (Å²) in [7, 11) is 0. The number of carbonyl (C=O) groups excluding carboxylic acids is 1. The van der Waals surface area contributed by atoms with Crippen LogP contribution in [0.3, 0.4) is 0 Å². The number of aliphatic hydroxyl groups is 1. The number of carbonyl (C=O) groups is 1. The van der Waals surface area contributed by atoms with Crippen molar-refractivity contribution in [1.29, 1.82) is 0 Å². The van der Waals surface area contributed by atoms with Crippen LogP contribution in [0.2, 0.25) is 0 Å². The molecule has 0 saturated carbocycles. The predicted molar refractivity (Wildman–Crippen MR) is 93.2 cm³/mol. The lowest BCUT2D eigenvalue weighted by Gasteiger charge is -2.26. The van der Waals surface area contributed by atoms with Crippen LogP contribution in [0.25, 0.3) is 0 Å². The van der Waals surface area contributed by atoms with E-state index >= 15 is 0 Å². The lowest BCUT2D eigenvalue weighted by Crippen LogP contribution is -2.40. The second-order valence-corrected chi connectivity index (χ2v) is 5.54. The molecule has 4 nitrogen and oxygen atoms in total. The zero-order valence-electron chi connectivity index (χ0n) is 13.5. The quantitative estimate of drug-likeness (QED) is 0.788. The van der Waals surface area contributed by atoms with Gasteiger partial charge in [-0.1, -0.05) is 55.5 Å². The number of rotatable bonds is 8. The second-order valence-electron chi connectivity index (χ2n) is 5.54. The van der Waals surface area contributed by atoms with Crippen molar-refractivity contribution in [2.24, 2.45) is 0 Å². The Kier molecular flexibility index (Phi) is 6.63. The number of para-hydroxylation sites is 1. The number of anilines is 1. The standard InChI is InChI=1S/C19H24N2O2/c1-2-18(22)14-21(17-11-7-4-8-12-17)15-19(23)20-13-16-9-5-3-6-10-16/h3-12,18,22H,2,13-15H2,1H3,(H,20,23). The van der Waals surface area contributed by atoms with Gasteiger partial charge in [0.2, 0.25) is 5.91 Å². The van der Waals surface area contributed by atoms with Crippen LogP contribution in [0, 0.1) is 0 Å². The van der Waals surface area contributed by atoms with E-state index < -0.39 is 6.10 Å². The zero-order chi connectivity index (χ0) is 16.5. The highest BCUT2D eigenvalue weighted by molar-refractivity contribution is 5.81. The molecule has 0 aliphatic carbocycles. The minimum Gasteiger partial charge on any atom is -0.391 e. The molecule has 0 aromatic heterocycles. The summed E-state index contributed by atoms with van der Waals surface area (Å²) in [4.78, 5) is 14.1. The van der Waals surface area contributed by atoms with Crippen molar-refractivity contribution in [2.75, 3.05) is 18.0 Å². The molecule has 1 amide bonds. The second kappa shape index (κ2) is 8.96. The van der Waals surface area contributed by atoms with E-state index in [-0.39, 0.29) is 12.5 Å². The summed E-state index contributed by atoms with van der Waals surface area (Å²) in [5, 5.41) is 12.9. The van der Waals surface area contributed by atoms with E-state index in [1.807, 2.05) is 72.5 Å². The van der Waals surface area contributed by atoms with Gasteiger partial charge in [0.25, 0.3) is 0 Å². The number of amides is 1. The van der Waals surface area contributed by atoms with Gasteiger partial charge in [-0.2, -0.15) is 0 Å². The SMILES string of the molecule is CCC(O)CN(CC(=O)NCc1ccccc1)c1ccccc1. The first kappa shape index (κ1) is 17.0. The van der Waals surface area contributed by atoms with Crippen molar-refractivity contribution < 1.29 is 9.90 Å². The molecule has 2 N–H and O–H groups in total. The Bertz CT molecular complexity index is 587. The number of hydrogen-bond donors (Lipinski definition) is 2. The van der Waals surface area contributed by atoms with E-state index in [4.69, 9.17) is 0 Å². The molecule has 0 saturated heterocycles. The van der Waals surface area contributed by atoms with E-state index in [0.29, 0.717) is 19.5 Å². The Balaban J connectivity index is 1.95. The summed E-state index contributed by atoms with van der Waals surface area (Å²) in [5.74, 6) is -0.0546. The fourth-order valence-corrected chi connectivity index (χ4v) is 2.31. The van der Waals surface area contributed by atoms with Crippen LogP contribution < -0.4 is 10.2 Å². The van der Waals surface area contributed by atoms with Crippen molar-refractivity contribution in [3.63, 3.8) is 0 Å². The molecule has 2 rings (SSSR count). The maximum absolute atomic E-state index is 12.2. The first-order valence-electron chi connectivity index (χ1n) is 7.97. The third kappa shape index (κ3) is 5.75. The molecule has 0 aliphatic heterocycles. The van der Waals surface area contributed by atoms with E-state index in [0.717, 1.165) is 11.3 Å². The third-order valence-corrected chi connectivity index (χ3v) is 3.69. The van der Waals surface area contributed by atoms with Gasteiger partial charge < -0.3 is 15.3 Å². The molecule has 2 aromatic carbocycles. The molecule has 0 spiro atoms. The van der Waals surface area contributed by atoms with Gasteiger partial charge in [0.1, 0.15) is 0 Å². The number of nitrogens with one attached hydrogen (secondary N) is 1. The monoisotopic (exact) mass is 312 g/mol. The number of benzene rings is 2. The maximum atomic E-state index is 12.2. The Morgan fingerprint density at radius 1 is 1.09 bits per heavy atom. The average molecular weight is 312 g/mol. The highest BCUT2D eigenvalue weighted by Gasteiger charge is 2.14. The van der Waals surface area contributed by atoms with Crippen molar-refractivity contribution in [2.45, 2.75) is 26.0 Å². The summed E-state index contributed by atoms with van der Waals surface area (Å²) < 4.78 is 0.